The number of hydrogen-bond donors (Lipinski definition) is 1. The van der Waals surface area contributed by atoms with E-state index < -0.39 is 0 Å². The van der Waals surface area contributed by atoms with E-state index in [0.29, 0.717) is 17.6 Å². The van der Waals surface area contributed by atoms with Crippen molar-refractivity contribution in [1.82, 2.24) is 0 Å². The number of halogens is 1. The Bertz CT molecular complexity index is 867. The van der Waals surface area contributed by atoms with E-state index in [9.17, 15) is 9.90 Å². The molecule has 21 heavy (non-hydrogen) atoms. The molecule has 0 saturated heterocycles. The molecule has 0 unspecified atom stereocenters. The van der Waals surface area contributed by atoms with Gasteiger partial charge in [-0.2, -0.15) is 0 Å². The second-order valence-corrected chi connectivity index (χ2v) is 5.36. The SMILES string of the molecule is Cc1c(Cc2ccccc2)c(=O)oc2cc(O)c(Cl)cc12. The summed E-state index contributed by atoms with van der Waals surface area (Å²) in [6, 6.07) is 12.7. The van der Waals surface area contributed by atoms with Crippen LogP contribution in [0.15, 0.2) is 51.7 Å². The van der Waals surface area contributed by atoms with E-state index in [2.05, 4.69) is 0 Å². The van der Waals surface area contributed by atoms with Gasteiger partial charge in [0.25, 0.3) is 0 Å². The summed E-state index contributed by atoms with van der Waals surface area (Å²) in [6.07, 6.45) is 0.503. The third kappa shape index (κ3) is 2.52. The average Bonchev–Trinajstić information content (AvgIpc) is 2.47. The first-order valence-electron chi connectivity index (χ1n) is 6.55. The van der Waals surface area contributed by atoms with E-state index in [4.69, 9.17) is 16.0 Å². The molecule has 0 bridgehead atoms. The van der Waals surface area contributed by atoms with Gasteiger partial charge < -0.3 is 9.52 Å². The van der Waals surface area contributed by atoms with E-state index >= 15 is 0 Å². The Kier molecular flexibility index (Phi) is 3.43. The molecule has 2 aromatic carbocycles. The third-order valence-corrected chi connectivity index (χ3v) is 3.88. The van der Waals surface area contributed by atoms with Crippen LogP contribution in [-0.2, 0) is 6.42 Å². The fourth-order valence-electron chi connectivity index (χ4n) is 2.40. The monoisotopic (exact) mass is 300 g/mol. The van der Waals surface area contributed by atoms with Crippen molar-refractivity contribution >= 4 is 22.6 Å². The van der Waals surface area contributed by atoms with Crippen LogP contribution in [-0.4, -0.2) is 5.11 Å². The molecule has 1 N–H and O–H groups in total. The maximum Gasteiger partial charge on any atom is 0.340 e. The zero-order valence-corrected chi connectivity index (χ0v) is 12.1. The molecule has 1 heterocycles. The first kappa shape index (κ1) is 13.7. The first-order valence-corrected chi connectivity index (χ1v) is 6.93. The molecular formula is C17H13ClO3. The Balaban J connectivity index is 2.20. The van der Waals surface area contributed by atoms with Crippen LogP contribution in [0.1, 0.15) is 16.7 Å². The molecule has 0 saturated carbocycles. The summed E-state index contributed by atoms with van der Waals surface area (Å²) >= 11 is 5.94. The highest BCUT2D eigenvalue weighted by Gasteiger charge is 2.13. The van der Waals surface area contributed by atoms with Crippen LogP contribution >= 0.6 is 11.6 Å². The highest BCUT2D eigenvalue weighted by molar-refractivity contribution is 6.32. The van der Waals surface area contributed by atoms with Gasteiger partial charge in [0.2, 0.25) is 0 Å². The van der Waals surface area contributed by atoms with Gasteiger partial charge in [-0.1, -0.05) is 41.9 Å². The van der Waals surface area contributed by atoms with E-state index in [-0.39, 0.29) is 16.4 Å². The van der Waals surface area contributed by atoms with E-state index in [1.165, 1.54) is 6.07 Å². The van der Waals surface area contributed by atoms with Crippen LogP contribution < -0.4 is 5.63 Å². The van der Waals surface area contributed by atoms with Crippen molar-refractivity contribution in [2.75, 3.05) is 0 Å². The molecule has 0 fully saturated rings. The van der Waals surface area contributed by atoms with Crippen molar-refractivity contribution in [2.45, 2.75) is 13.3 Å². The molecule has 0 radical (unpaired) electrons. The van der Waals surface area contributed by atoms with Crippen LogP contribution in [0, 0.1) is 6.92 Å². The topological polar surface area (TPSA) is 50.4 Å². The molecule has 0 spiro atoms. The largest absolute Gasteiger partial charge is 0.506 e. The van der Waals surface area contributed by atoms with Gasteiger partial charge in [0.05, 0.1) is 5.02 Å². The highest BCUT2D eigenvalue weighted by Crippen LogP contribution is 2.31. The molecule has 0 aliphatic carbocycles. The number of rotatable bonds is 2. The minimum Gasteiger partial charge on any atom is -0.506 e. The zero-order valence-electron chi connectivity index (χ0n) is 11.4. The van der Waals surface area contributed by atoms with Gasteiger partial charge >= 0.3 is 5.63 Å². The summed E-state index contributed by atoms with van der Waals surface area (Å²) in [5.74, 6) is -0.0949. The van der Waals surface area contributed by atoms with Gasteiger partial charge in [0.15, 0.2) is 0 Å². The fourth-order valence-corrected chi connectivity index (χ4v) is 2.57. The first-order chi connectivity index (χ1) is 10.1. The van der Waals surface area contributed by atoms with Crippen LogP contribution in [0.3, 0.4) is 0 Å². The van der Waals surface area contributed by atoms with E-state index in [1.807, 2.05) is 37.3 Å². The molecule has 0 aliphatic heterocycles. The van der Waals surface area contributed by atoms with Crippen LogP contribution in [0.25, 0.3) is 11.0 Å². The second kappa shape index (κ2) is 5.26. The Morgan fingerprint density at radius 2 is 1.90 bits per heavy atom. The van der Waals surface area contributed by atoms with Crippen molar-refractivity contribution in [2.24, 2.45) is 0 Å². The summed E-state index contributed by atoms with van der Waals surface area (Å²) in [6.45, 7) is 1.87. The molecule has 3 nitrogen and oxygen atoms in total. The van der Waals surface area contributed by atoms with E-state index in [1.54, 1.807) is 6.07 Å². The minimum absolute atomic E-state index is 0.0949. The summed E-state index contributed by atoms with van der Waals surface area (Å²) in [7, 11) is 0. The van der Waals surface area contributed by atoms with Crippen molar-refractivity contribution in [3.05, 3.63) is 74.6 Å². The number of benzene rings is 2. The zero-order chi connectivity index (χ0) is 15.0. The maximum atomic E-state index is 12.2. The van der Waals surface area contributed by atoms with Gasteiger partial charge in [-0.05, 0) is 24.1 Å². The molecule has 4 heteroatoms. The lowest BCUT2D eigenvalue weighted by Crippen LogP contribution is -2.10. The summed E-state index contributed by atoms with van der Waals surface area (Å²) in [5.41, 5.74) is 2.43. The Labute approximate surface area is 126 Å². The Morgan fingerprint density at radius 1 is 1.19 bits per heavy atom. The molecule has 106 valence electrons. The van der Waals surface area contributed by atoms with Crippen molar-refractivity contribution in [1.29, 1.82) is 0 Å². The van der Waals surface area contributed by atoms with Gasteiger partial charge in [-0.15, -0.1) is 0 Å². The number of fused-ring (bicyclic) bond motifs is 1. The van der Waals surface area contributed by atoms with Gasteiger partial charge in [-0.25, -0.2) is 4.79 Å². The van der Waals surface area contributed by atoms with Crippen LogP contribution in [0.2, 0.25) is 5.02 Å². The minimum atomic E-state index is -0.384. The maximum absolute atomic E-state index is 12.2. The smallest absolute Gasteiger partial charge is 0.340 e. The lowest BCUT2D eigenvalue weighted by molar-refractivity contribution is 0.473. The lowest BCUT2D eigenvalue weighted by atomic mass is 10.00. The Morgan fingerprint density at radius 3 is 2.62 bits per heavy atom. The summed E-state index contributed by atoms with van der Waals surface area (Å²) in [4.78, 5) is 12.2. The number of hydrogen-bond acceptors (Lipinski definition) is 3. The number of phenols is 1. The van der Waals surface area contributed by atoms with Gasteiger partial charge in [0.1, 0.15) is 11.3 Å². The molecule has 3 aromatic rings. The van der Waals surface area contributed by atoms with Crippen LogP contribution in [0.5, 0.6) is 5.75 Å². The Hall–Kier alpha value is -2.26. The van der Waals surface area contributed by atoms with E-state index in [0.717, 1.165) is 16.5 Å². The fraction of sp³-hybridized carbons (Fsp3) is 0.118. The predicted molar refractivity (Wildman–Crippen MR) is 83.1 cm³/mol. The van der Waals surface area contributed by atoms with Gasteiger partial charge in [0, 0.05) is 23.4 Å². The van der Waals surface area contributed by atoms with Crippen molar-refractivity contribution in [3.8, 4) is 5.75 Å². The molecule has 0 aliphatic rings. The molecular weight excluding hydrogens is 288 g/mol. The van der Waals surface area contributed by atoms with Gasteiger partial charge in [-0.3, -0.25) is 0 Å². The average molecular weight is 301 g/mol. The quantitative estimate of drug-likeness (QED) is 0.726. The van der Waals surface area contributed by atoms with Crippen LogP contribution in [0.4, 0.5) is 0 Å². The molecule has 0 atom stereocenters. The standard InChI is InChI=1S/C17H13ClO3/c1-10-12-8-14(18)15(19)9-16(12)21-17(20)13(10)7-11-5-3-2-4-6-11/h2-6,8-9,19H,7H2,1H3. The van der Waals surface area contributed by atoms with Crippen molar-refractivity contribution in [3.63, 3.8) is 0 Å². The molecule has 0 amide bonds. The van der Waals surface area contributed by atoms with Crippen molar-refractivity contribution < 1.29 is 9.52 Å². The predicted octanol–water partition coefficient (Wildman–Crippen LogP) is 4.05. The normalized spacial score (nSPS) is 11.0. The molecule has 3 rings (SSSR count). The second-order valence-electron chi connectivity index (χ2n) is 4.96. The number of phenolic OH excluding ortho intramolecular Hbond substituents is 1. The third-order valence-electron chi connectivity index (χ3n) is 3.58. The summed E-state index contributed by atoms with van der Waals surface area (Å²) < 4.78 is 5.31. The number of aryl methyl sites for hydroxylation is 1. The molecule has 1 aromatic heterocycles. The lowest BCUT2D eigenvalue weighted by Gasteiger charge is -2.09. The number of aromatic hydroxyl groups is 1. The summed E-state index contributed by atoms with van der Waals surface area (Å²) in [5, 5.41) is 10.6. The highest BCUT2D eigenvalue weighted by atomic mass is 35.5.